The van der Waals surface area contributed by atoms with E-state index in [0.29, 0.717) is 0 Å². The zero-order valence-electron chi connectivity index (χ0n) is 11.9. The van der Waals surface area contributed by atoms with E-state index in [1.54, 1.807) is 0 Å². The zero-order chi connectivity index (χ0) is 15.6. The average molecular weight is 301 g/mol. The SMILES string of the molecule is Cc1nc(C(F)(F)F)ccc1C(=O)NC1CCNCC1C. The highest BCUT2D eigenvalue weighted by atomic mass is 19.4. The summed E-state index contributed by atoms with van der Waals surface area (Å²) in [5, 5.41) is 6.11. The molecule has 2 N–H and O–H groups in total. The molecule has 4 nitrogen and oxygen atoms in total. The van der Waals surface area contributed by atoms with Crippen molar-refractivity contribution in [2.24, 2.45) is 5.92 Å². The van der Waals surface area contributed by atoms with E-state index in [0.717, 1.165) is 25.6 Å². The molecule has 7 heteroatoms. The smallest absolute Gasteiger partial charge is 0.349 e. The lowest BCUT2D eigenvalue weighted by Crippen LogP contribution is -2.48. The first-order chi connectivity index (χ1) is 9.79. The van der Waals surface area contributed by atoms with E-state index in [1.165, 1.54) is 13.0 Å². The molecule has 0 radical (unpaired) electrons. The third kappa shape index (κ3) is 3.72. The third-order valence-electron chi connectivity index (χ3n) is 3.72. The largest absolute Gasteiger partial charge is 0.433 e. The summed E-state index contributed by atoms with van der Waals surface area (Å²) in [6.07, 6.45) is -3.69. The number of halogens is 3. The van der Waals surface area contributed by atoms with Crippen molar-refractivity contribution >= 4 is 5.91 Å². The lowest BCUT2D eigenvalue weighted by molar-refractivity contribution is -0.141. The van der Waals surface area contributed by atoms with Gasteiger partial charge in [-0.25, -0.2) is 4.98 Å². The molecule has 2 heterocycles. The Hall–Kier alpha value is -1.63. The molecule has 1 aliphatic heterocycles. The van der Waals surface area contributed by atoms with Crippen molar-refractivity contribution in [3.8, 4) is 0 Å². The van der Waals surface area contributed by atoms with E-state index in [9.17, 15) is 18.0 Å². The van der Waals surface area contributed by atoms with Gasteiger partial charge in [-0.3, -0.25) is 4.79 Å². The van der Waals surface area contributed by atoms with Crippen LogP contribution in [0.4, 0.5) is 13.2 Å². The number of amides is 1. The summed E-state index contributed by atoms with van der Waals surface area (Å²) in [5.74, 6) is -0.0853. The van der Waals surface area contributed by atoms with Gasteiger partial charge in [0.25, 0.3) is 5.91 Å². The molecule has 2 atom stereocenters. The summed E-state index contributed by atoms with van der Waals surface area (Å²) in [6.45, 7) is 5.07. The minimum Gasteiger partial charge on any atom is -0.349 e. The molecular weight excluding hydrogens is 283 g/mol. The second-order valence-corrected chi connectivity index (χ2v) is 5.38. The number of hydrogen-bond donors (Lipinski definition) is 2. The molecular formula is C14H18F3N3O. The maximum Gasteiger partial charge on any atom is 0.433 e. The number of hydrogen-bond acceptors (Lipinski definition) is 3. The van der Waals surface area contributed by atoms with Crippen LogP contribution in [0.5, 0.6) is 0 Å². The van der Waals surface area contributed by atoms with Crippen molar-refractivity contribution < 1.29 is 18.0 Å². The van der Waals surface area contributed by atoms with Crippen LogP contribution in [0.15, 0.2) is 12.1 Å². The molecule has 1 amide bonds. The number of carbonyl (C=O) groups is 1. The minimum absolute atomic E-state index is 0.0282. The topological polar surface area (TPSA) is 54.0 Å². The molecule has 1 fully saturated rings. The third-order valence-corrected chi connectivity index (χ3v) is 3.72. The van der Waals surface area contributed by atoms with Crippen molar-refractivity contribution in [3.63, 3.8) is 0 Å². The first-order valence-corrected chi connectivity index (χ1v) is 6.85. The maximum atomic E-state index is 12.6. The van der Waals surface area contributed by atoms with Gasteiger partial charge in [0.15, 0.2) is 0 Å². The van der Waals surface area contributed by atoms with E-state index in [1.807, 2.05) is 6.92 Å². The zero-order valence-corrected chi connectivity index (χ0v) is 11.9. The fourth-order valence-electron chi connectivity index (χ4n) is 2.43. The summed E-state index contributed by atoms with van der Waals surface area (Å²) in [7, 11) is 0. The Labute approximate surface area is 121 Å². The fraction of sp³-hybridized carbons (Fsp3) is 0.571. The van der Waals surface area contributed by atoms with Crippen molar-refractivity contribution in [1.29, 1.82) is 0 Å². The first kappa shape index (κ1) is 15.8. The first-order valence-electron chi connectivity index (χ1n) is 6.85. The van der Waals surface area contributed by atoms with Crippen molar-refractivity contribution in [1.82, 2.24) is 15.6 Å². The Morgan fingerprint density at radius 1 is 1.43 bits per heavy atom. The van der Waals surface area contributed by atoms with E-state index in [2.05, 4.69) is 15.6 Å². The average Bonchev–Trinajstić information content (AvgIpc) is 2.40. The van der Waals surface area contributed by atoms with Gasteiger partial charge in [-0.1, -0.05) is 6.92 Å². The summed E-state index contributed by atoms with van der Waals surface area (Å²) in [5.41, 5.74) is -0.704. The predicted octanol–water partition coefficient (Wildman–Crippen LogP) is 2.14. The quantitative estimate of drug-likeness (QED) is 0.880. The number of piperidine rings is 1. The van der Waals surface area contributed by atoms with Crippen LogP contribution in [-0.4, -0.2) is 30.0 Å². The Bertz CT molecular complexity index is 531. The van der Waals surface area contributed by atoms with Crippen molar-refractivity contribution in [2.45, 2.75) is 32.5 Å². The minimum atomic E-state index is -4.50. The van der Waals surface area contributed by atoms with Crippen LogP contribution in [-0.2, 0) is 6.18 Å². The molecule has 0 aromatic carbocycles. The molecule has 2 rings (SSSR count). The second kappa shape index (κ2) is 6.01. The van der Waals surface area contributed by atoms with E-state index in [4.69, 9.17) is 0 Å². The Morgan fingerprint density at radius 3 is 2.71 bits per heavy atom. The molecule has 0 saturated carbocycles. The van der Waals surface area contributed by atoms with Gasteiger partial charge >= 0.3 is 6.18 Å². The van der Waals surface area contributed by atoms with Crippen LogP contribution in [0, 0.1) is 12.8 Å². The number of aromatic nitrogens is 1. The summed E-state index contributed by atoms with van der Waals surface area (Å²) < 4.78 is 37.7. The number of alkyl halides is 3. The molecule has 1 aromatic rings. The number of nitrogens with zero attached hydrogens (tertiary/aromatic N) is 1. The van der Waals surface area contributed by atoms with E-state index < -0.39 is 11.9 Å². The Morgan fingerprint density at radius 2 is 2.14 bits per heavy atom. The van der Waals surface area contributed by atoms with Crippen LogP contribution in [0.1, 0.15) is 35.1 Å². The van der Waals surface area contributed by atoms with E-state index in [-0.39, 0.29) is 29.1 Å². The molecule has 21 heavy (non-hydrogen) atoms. The van der Waals surface area contributed by atoms with Gasteiger partial charge in [0.1, 0.15) is 5.69 Å². The van der Waals surface area contributed by atoms with Gasteiger partial charge in [-0.2, -0.15) is 13.2 Å². The van der Waals surface area contributed by atoms with Gasteiger partial charge < -0.3 is 10.6 Å². The Balaban J connectivity index is 2.12. The predicted molar refractivity (Wildman–Crippen MR) is 71.9 cm³/mol. The van der Waals surface area contributed by atoms with Gasteiger partial charge in [0.05, 0.1) is 11.3 Å². The highest BCUT2D eigenvalue weighted by Gasteiger charge is 2.33. The monoisotopic (exact) mass is 301 g/mol. The number of pyridine rings is 1. The fourth-order valence-corrected chi connectivity index (χ4v) is 2.43. The molecule has 0 aliphatic carbocycles. The van der Waals surface area contributed by atoms with Crippen LogP contribution in [0.25, 0.3) is 0 Å². The molecule has 0 spiro atoms. The molecule has 0 bridgehead atoms. The van der Waals surface area contributed by atoms with Gasteiger partial charge in [0, 0.05) is 6.04 Å². The number of aryl methyl sites for hydroxylation is 1. The number of rotatable bonds is 2. The highest BCUT2D eigenvalue weighted by molar-refractivity contribution is 5.95. The highest BCUT2D eigenvalue weighted by Crippen LogP contribution is 2.28. The van der Waals surface area contributed by atoms with Gasteiger partial charge in [0.2, 0.25) is 0 Å². The lowest BCUT2D eigenvalue weighted by Gasteiger charge is -2.30. The summed E-state index contributed by atoms with van der Waals surface area (Å²) >= 11 is 0. The van der Waals surface area contributed by atoms with E-state index >= 15 is 0 Å². The van der Waals surface area contributed by atoms with Gasteiger partial charge in [-0.15, -0.1) is 0 Å². The summed E-state index contributed by atoms with van der Waals surface area (Å²) in [4.78, 5) is 15.7. The number of carbonyl (C=O) groups excluding carboxylic acids is 1. The lowest BCUT2D eigenvalue weighted by atomic mass is 9.95. The maximum absolute atomic E-state index is 12.6. The molecule has 1 saturated heterocycles. The standard InChI is InChI=1S/C14H18F3N3O/c1-8-7-18-6-5-11(8)20-13(21)10-3-4-12(14(15,16)17)19-9(10)2/h3-4,8,11,18H,5-7H2,1-2H3,(H,20,21). The van der Waals surface area contributed by atoms with Crippen LogP contribution in [0.2, 0.25) is 0 Å². The van der Waals surface area contributed by atoms with Crippen LogP contribution in [0.3, 0.4) is 0 Å². The molecule has 1 aromatic heterocycles. The van der Waals surface area contributed by atoms with Gasteiger partial charge in [-0.05, 0) is 44.5 Å². The molecule has 2 unspecified atom stereocenters. The normalized spacial score (nSPS) is 22.9. The second-order valence-electron chi connectivity index (χ2n) is 5.38. The van der Waals surface area contributed by atoms with Crippen molar-refractivity contribution in [2.75, 3.05) is 13.1 Å². The Kier molecular flexibility index (Phi) is 4.51. The van der Waals surface area contributed by atoms with Crippen LogP contribution >= 0.6 is 0 Å². The summed E-state index contributed by atoms with van der Waals surface area (Å²) in [6, 6.07) is 2.06. The van der Waals surface area contributed by atoms with Crippen LogP contribution < -0.4 is 10.6 Å². The molecule has 1 aliphatic rings. The molecule has 116 valence electrons. The number of nitrogens with one attached hydrogen (secondary N) is 2. The van der Waals surface area contributed by atoms with Crippen molar-refractivity contribution in [3.05, 3.63) is 29.1 Å².